The van der Waals surface area contributed by atoms with E-state index in [1.807, 2.05) is 6.92 Å². The van der Waals surface area contributed by atoms with Crippen LogP contribution in [0.4, 0.5) is 0 Å². The molecule has 1 fully saturated rings. The maximum absolute atomic E-state index is 13.0. The summed E-state index contributed by atoms with van der Waals surface area (Å²) in [6.45, 7) is 2.12. The van der Waals surface area contributed by atoms with E-state index in [0.717, 1.165) is 5.56 Å². The van der Waals surface area contributed by atoms with Crippen molar-refractivity contribution in [3.63, 3.8) is 0 Å². The number of nitrogens with zero attached hydrogens (tertiary/aromatic N) is 2. The average molecular weight is 420 g/mol. The molecule has 0 bridgehead atoms. The maximum Gasteiger partial charge on any atom is 0.328 e. The van der Waals surface area contributed by atoms with E-state index >= 15 is 0 Å². The lowest BCUT2D eigenvalue weighted by Gasteiger charge is -2.25. The zero-order valence-electron chi connectivity index (χ0n) is 16.3. The number of hydrogen-bond acceptors (Lipinski definition) is 6. The second kappa shape index (κ2) is 8.75. The Morgan fingerprint density at radius 3 is 2.69 bits per heavy atom. The molecular weight excluding hydrogens is 396 g/mol. The van der Waals surface area contributed by atoms with Crippen LogP contribution in [-0.2, 0) is 30.8 Å². The fraction of sp³-hybridized carbons (Fsp3) is 0.421. The van der Waals surface area contributed by atoms with Crippen LogP contribution < -0.4 is 5.32 Å². The van der Waals surface area contributed by atoms with Gasteiger partial charge in [0, 0.05) is 24.9 Å². The first kappa shape index (κ1) is 21.0. The summed E-state index contributed by atoms with van der Waals surface area (Å²) in [5, 5.41) is 2.64. The van der Waals surface area contributed by atoms with E-state index < -0.39 is 34.0 Å². The molecule has 0 spiro atoms. The number of rotatable bonds is 7. The van der Waals surface area contributed by atoms with Crippen molar-refractivity contribution >= 4 is 21.9 Å². The van der Waals surface area contributed by atoms with Crippen LogP contribution in [0.25, 0.3) is 0 Å². The topological polar surface area (TPSA) is 121 Å². The van der Waals surface area contributed by atoms with Gasteiger partial charge in [-0.1, -0.05) is 17.7 Å². The van der Waals surface area contributed by atoms with Gasteiger partial charge in [0.25, 0.3) is 0 Å². The maximum atomic E-state index is 13.0. The standard InChI is InChI=1S/C19H24N4O5S/c1-13-5-7-15(8-6-13)29(26,27)23-9-3-4-17(23)18(24)22-16(19(25)28-2)10-14-11-20-12-21-14/h5-8,11-12,16-17H,3-4,9-10H2,1-2H3,(H,20,21)(H,22,24)/t16-,17-/m0/s1. The molecule has 1 saturated heterocycles. The summed E-state index contributed by atoms with van der Waals surface area (Å²) in [6, 6.07) is 4.68. The summed E-state index contributed by atoms with van der Waals surface area (Å²) < 4.78 is 32.1. The normalized spacial score (nSPS) is 18.3. The van der Waals surface area contributed by atoms with Crippen LogP contribution in [0.5, 0.6) is 0 Å². The molecule has 1 aliphatic heterocycles. The number of esters is 1. The molecule has 1 aliphatic rings. The second-order valence-electron chi connectivity index (χ2n) is 6.95. The Balaban J connectivity index is 1.77. The molecule has 2 atom stereocenters. The number of hydrogen-bond donors (Lipinski definition) is 2. The number of sulfonamides is 1. The van der Waals surface area contributed by atoms with E-state index in [2.05, 4.69) is 15.3 Å². The minimum atomic E-state index is -3.82. The van der Waals surface area contributed by atoms with Gasteiger partial charge in [-0.25, -0.2) is 18.2 Å². The molecule has 9 nitrogen and oxygen atoms in total. The SMILES string of the molecule is COC(=O)[C@H](Cc1cnc[nH]1)NC(=O)[C@@H]1CCCN1S(=O)(=O)c1ccc(C)cc1. The van der Waals surface area contributed by atoms with Crippen LogP contribution in [0.3, 0.4) is 0 Å². The molecule has 2 aromatic rings. The summed E-state index contributed by atoms with van der Waals surface area (Å²) in [5.41, 5.74) is 1.59. The molecule has 3 rings (SSSR count). The number of aromatic nitrogens is 2. The molecule has 1 aromatic heterocycles. The zero-order chi connectivity index (χ0) is 21.0. The van der Waals surface area contributed by atoms with Gasteiger partial charge in [0.1, 0.15) is 12.1 Å². The van der Waals surface area contributed by atoms with Gasteiger partial charge in [0.2, 0.25) is 15.9 Å². The highest BCUT2D eigenvalue weighted by molar-refractivity contribution is 7.89. The largest absolute Gasteiger partial charge is 0.467 e. The number of aromatic amines is 1. The first-order valence-corrected chi connectivity index (χ1v) is 10.7. The van der Waals surface area contributed by atoms with Crippen LogP contribution in [0.1, 0.15) is 24.1 Å². The van der Waals surface area contributed by atoms with E-state index in [1.165, 1.54) is 29.9 Å². The molecule has 2 N–H and O–H groups in total. The van der Waals surface area contributed by atoms with Gasteiger partial charge in [-0.05, 0) is 31.9 Å². The quantitative estimate of drug-likeness (QED) is 0.638. The highest BCUT2D eigenvalue weighted by Gasteiger charge is 2.40. The van der Waals surface area contributed by atoms with Crippen molar-refractivity contribution in [3.8, 4) is 0 Å². The number of carbonyl (C=O) groups excluding carboxylic acids is 2. The Bertz CT molecular complexity index is 957. The van der Waals surface area contributed by atoms with Gasteiger partial charge >= 0.3 is 5.97 Å². The van der Waals surface area contributed by atoms with Crippen molar-refractivity contribution in [2.75, 3.05) is 13.7 Å². The Morgan fingerprint density at radius 2 is 2.07 bits per heavy atom. The molecule has 1 aromatic carbocycles. The lowest BCUT2D eigenvalue weighted by atomic mass is 10.1. The fourth-order valence-corrected chi connectivity index (χ4v) is 5.01. The van der Waals surface area contributed by atoms with Gasteiger partial charge in [0.15, 0.2) is 0 Å². The smallest absolute Gasteiger partial charge is 0.328 e. The molecular formula is C19H24N4O5S. The third-order valence-corrected chi connectivity index (χ3v) is 6.84. The number of aryl methyl sites for hydroxylation is 1. The molecule has 156 valence electrons. The van der Waals surface area contributed by atoms with Gasteiger partial charge in [-0.15, -0.1) is 0 Å². The van der Waals surface area contributed by atoms with E-state index in [9.17, 15) is 18.0 Å². The van der Waals surface area contributed by atoms with Crippen LogP contribution >= 0.6 is 0 Å². The zero-order valence-corrected chi connectivity index (χ0v) is 17.1. The predicted molar refractivity (Wildman–Crippen MR) is 104 cm³/mol. The minimum absolute atomic E-state index is 0.143. The Labute approximate surface area is 169 Å². The summed E-state index contributed by atoms with van der Waals surface area (Å²) in [4.78, 5) is 31.9. The van der Waals surface area contributed by atoms with Crippen molar-refractivity contribution in [3.05, 3.63) is 48.0 Å². The highest BCUT2D eigenvalue weighted by Crippen LogP contribution is 2.26. The molecule has 0 aliphatic carbocycles. The van der Waals surface area contributed by atoms with Gasteiger partial charge in [0.05, 0.1) is 18.3 Å². The average Bonchev–Trinajstić information content (AvgIpc) is 3.39. The monoisotopic (exact) mass is 420 g/mol. The molecule has 0 saturated carbocycles. The molecule has 0 radical (unpaired) electrons. The van der Waals surface area contributed by atoms with Crippen LogP contribution in [0.15, 0.2) is 41.7 Å². The van der Waals surface area contributed by atoms with Crippen LogP contribution in [0, 0.1) is 6.92 Å². The first-order chi connectivity index (χ1) is 13.8. The van der Waals surface area contributed by atoms with Crippen molar-refractivity contribution in [1.29, 1.82) is 0 Å². The van der Waals surface area contributed by atoms with Gasteiger partial charge in [-0.3, -0.25) is 4.79 Å². The Hall–Kier alpha value is -2.72. The number of benzene rings is 1. The predicted octanol–water partition coefficient (Wildman–Crippen LogP) is 0.772. The number of imidazole rings is 1. The number of ether oxygens (including phenoxy) is 1. The van der Waals surface area contributed by atoms with Crippen molar-refractivity contribution in [2.45, 2.75) is 43.2 Å². The van der Waals surface area contributed by atoms with Crippen molar-refractivity contribution in [1.82, 2.24) is 19.6 Å². The molecule has 1 amide bonds. The number of carbonyl (C=O) groups is 2. The van der Waals surface area contributed by atoms with Gasteiger partial charge < -0.3 is 15.0 Å². The molecule has 2 heterocycles. The lowest BCUT2D eigenvalue weighted by Crippen LogP contribution is -2.51. The highest BCUT2D eigenvalue weighted by atomic mass is 32.2. The van der Waals surface area contributed by atoms with E-state index in [-0.39, 0.29) is 17.9 Å². The minimum Gasteiger partial charge on any atom is -0.467 e. The van der Waals surface area contributed by atoms with Crippen LogP contribution in [-0.4, -0.2) is 60.3 Å². The molecule has 29 heavy (non-hydrogen) atoms. The number of amides is 1. The third kappa shape index (κ3) is 4.65. The summed E-state index contributed by atoms with van der Waals surface area (Å²) in [5.74, 6) is -1.13. The van der Waals surface area contributed by atoms with Gasteiger partial charge in [-0.2, -0.15) is 4.31 Å². The summed E-state index contributed by atoms with van der Waals surface area (Å²) in [7, 11) is -2.59. The first-order valence-electron chi connectivity index (χ1n) is 9.27. The van der Waals surface area contributed by atoms with E-state index in [4.69, 9.17) is 4.74 Å². The lowest BCUT2D eigenvalue weighted by molar-refractivity contribution is -0.145. The summed E-state index contributed by atoms with van der Waals surface area (Å²) >= 11 is 0. The summed E-state index contributed by atoms with van der Waals surface area (Å²) in [6.07, 6.45) is 4.13. The number of H-pyrrole nitrogens is 1. The Kier molecular flexibility index (Phi) is 6.33. The number of methoxy groups -OCH3 is 1. The molecule has 10 heteroatoms. The van der Waals surface area contributed by atoms with Crippen molar-refractivity contribution < 1.29 is 22.7 Å². The Morgan fingerprint density at radius 1 is 1.34 bits per heavy atom. The molecule has 0 unspecified atom stereocenters. The van der Waals surface area contributed by atoms with E-state index in [0.29, 0.717) is 18.5 Å². The van der Waals surface area contributed by atoms with E-state index in [1.54, 1.807) is 18.3 Å². The second-order valence-corrected chi connectivity index (χ2v) is 8.84. The van der Waals surface area contributed by atoms with Crippen molar-refractivity contribution in [2.24, 2.45) is 0 Å². The number of nitrogens with one attached hydrogen (secondary N) is 2. The van der Waals surface area contributed by atoms with Crippen LogP contribution in [0.2, 0.25) is 0 Å². The third-order valence-electron chi connectivity index (χ3n) is 4.91. The fourth-order valence-electron chi connectivity index (χ4n) is 3.36.